The SMILES string of the molecule is CCC(Nc1cc(Cl)ccc1OC)C(=O)OC. The molecule has 1 N–H and O–H groups in total. The normalized spacial score (nSPS) is 11.8. The molecule has 4 nitrogen and oxygen atoms in total. The lowest BCUT2D eigenvalue weighted by Gasteiger charge is -2.18. The van der Waals surface area contributed by atoms with Crippen LogP contribution in [0, 0.1) is 0 Å². The number of halogens is 1. The molecule has 1 rings (SSSR count). The summed E-state index contributed by atoms with van der Waals surface area (Å²) in [5, 5.41) is 3.63. The number of hydrogen-bond acceptors (Lipinski definition) is 4. The Morgan fingerprint density at radius 3 is 2.71 bits per heavy atom. The maximum absolute atomic E-state index is 11.5. The van der Waals surface area contributed by atoms with Crippen LogP contribution in [0.2, 0.25) is 5.02 Å². The third-order valence-corrected chi connectivity index (χ3v) is 2.62. The van der Waals surface area contributed by atoms with Crippen LogP contribution < -0.4 is 10.1 Å². The minimum atomic E-state index is -0.410. The van der Waals surface area contributed by atoms with Gasteiger partial charge < -0.3 is 14.8 Å². The highest BCUT2D eigenvalue weighted by atomic mass is 35.5. The zero-order valence-electron chi connectivity index (χ0n) is 10.1. The van der Waals surface area contributed by atoms with Gasteiger partial charge in [-0.1, -0.05) is 18.5 Å². The second-order valence-corrected chi connectivity index (χ2v) is 3.91. The molecule has 0 saturated heterocycles. The van der Waals surface area contributed by atoms with Crippen LogP contribution in [0.1, 0.15) is 13.3 Å². The summed E-state index contributed by atoms with van der Waals surface area (Å²) in [5.41, 5.74) is 0.678. The van der Waals surface area contributed by atoms with Gasteiger partial charge in [0.2, 0.25) is 0 Å². The Morgan fingerprint density at radius 1 is 1.47 bits per heavy atom. The Labute approximate surface area is 106 Å². The predicted octanol–water partition coefficient (Wildman–Crippen LogP) is 2.71. The van der Waals surface area contributed by atoms with E-state index in [-0.39, 0.29) is 5.97 Å². The van der Waals surface area contributed by atoms with Crippen molar-refractivity contribution in [2.45, 2.75) is 19.4 Å². The molecule has 0 fully saturated rings. The molecule has 0 aromatic heterocycles. The summed E-state index contributed by atoms with van der Waals surface area (Å²) in [6, 6.07) is 4.78. The van der Waals surface area contributed by atoms with Crippen molar-refractivity contribution in [2.24, 2.45) is 0 Å². The highest BCUT2D eigenvalue weighted by Crippen LogP contribution is 2.28. The first-order valence-electron chi connectivity index (χ1n) is 5.30. The molecule has 1 atom stereocenters. The summed E-state index contributed by atoms with van der Waals surface area (Å²) in [5.74, 6) is 0.325. The highest BCUT2D eigenvalue weighted by Gasteiger charge is 2.18. The molecule has 17 heavy (non-hydrogen) atoms. The van der Waals surface area contributed by atoms with E-state index in [1.54, 1.807) is 25.3 Å². The van der Waals surface area contributed by atoms with E-state index in [1.807, 2.05) is 6.92 Å². The van der Waals surface area contributed by atoms with Gasteiger partial charge in [-0.3, -0.25) is 0 Å². The summed E-state index contributed by atoms with van der Waals surface area (Å²) in [4.78, 5) is 11.5. The molecular weight excluding hydrogens is 242 g/mol. The lowest BCUT2D eigenvalue weighted by atomic mass is 10.2. The summed E-state index contributed by atoms with van der Waals surface area (Å²) in [7, 11) is 2.93. The lowest BCUT2D eigenvalue weighted by Crippen LogP contribution is -2.30. The first-order valence-corrected chi connectivity index (χ1v) is 5.68. The first-order chi connectivity index (χ1) is 8.12. The van der Waals surface area contributed by atoms with Crippen LogP contribution in [0.25, 0.3) is 0 Å². The Bertz CT molecular complexity index is 395. The Balaban J connectivity index is 2.92. The van der Waals surface area contributed by atoms with Gasteiger partial charge in [0, 0.05) is 5.02 Å². The number of carbonyl (C=O) groups is 1. The van der Waals surface area contributed by atoms with E-state index < -0.39 is 6.04 Å². The van der Waals surface area contributed by atoms with Crippen LogP contribution >= 0.6 is 11.6 Å². The molecule has 0 aliphatic rings. The van der Waals surface area contributed by atoms with Crippen molar-refractivity contribution in [1.82, 2.24) is 0 Å². The van der Waals surface area contributed by atoms with E-state index in [1.165, 1.54) is 7.11 Å². The summed E-state index contributed by atoms with van der Waals surface area (Å²) < 4.78 is 9.89. The van der Waals surface area contributed by atoms with Crippen LogP contribution in [0.5, 0.6) is 5.75 Å². The van der Waals surface area contributed by atoms with E-state index >= 15 is 0 Å². The number of esters is 1. The van der Waals surface area contributed by atoms with E-state index in [9.17, 15) is 4.79 Å². The molecule has 0 aliphatic heterocycles. The number of ether oxygens (including phenoxy) is 2. The molecule has 0 amide bonds. The van der Waals surface area contributed by atoms with E-state index in [4.69, 9.17) is 21.1 Å². The fraction of sp³-hybridized carbons (Fsp3) is 0.417. The Hall–Kier alpha value is -1.42. The molecule has 0 spiro atoms. The topological polar surface area (TPSA) is 47.6 Å². The van der Waals surface area contributed by atoms with Crippen molar-refractivity contribution in [3.8, 4) is 5.75 Å². The molecular formula is C12H16ClNO3. The average molecular weight is 258 g/mol. The first kappa shape index (κ1) is 13.6. The minimum Gasteiger partial charge on any atom is -0.495 e. The van der Waals surface area contributed by atoms with Gasteiger partial charge in [0.25, 0.3) is 0 Å². The van der Waals surface area contributed by atoms with E-state index in [0.717, 1.165) is 0 Å². The number of methoxy groups -OCH3 is 2. The van der Waals surface area contributed by atoms with Gasteiger partial charge in [0.05, 0.1) is 19.9 Å². The van der Waals surface area contributed by atoms with Crippen molar-refractivity contribution in [2.75, 3.05) is 19.5 Å². The number of nitrogens with one attached hydrogen (secondary N) is 1. The third kappa shape index (κ3) is 3.53. The summed E-state index contributed by atoms with van der Waals surface area (Å²) in [6.45, 7) is 1.89. The molecule has 0 aliphatic carbocycles. The maximum atomic E-state index is 11.5. The van der Waals surface area contributed by atoms with Crippen molar-refractivity contribution in [3.05, 3.63) is 23.2 Å². The molecule has 0 heterocycles. The van der Waals surface area contributed by atoms with Crippen molar-refractivity contribution in [3.63, 3.8) is 0 Å². The molecule has 1 unspecified atom stereocenters. The van der Waals surface area contributed by atoms with Gasteiger partial charge in [0.15, 0.2) is 0 Å². The van der Waals surface area contributed by atoms with Crippen LogP contribution in [0.3, 0.4) is 0 Å². The fourth-order valence-electron chi connectivity index (χ4n) is 1.45. The molecule has 94 valence electrons. The average Bonchev–Trinajstić information content (AvgIpc) is 2.35. The quantitative estimate of drug-likeness (QED) is 0.824. The summed E-state index contributed by atoms with van der Waals surface area (Å²) >= 11 is 5.90. The van der Waals surface area contributed by atoms with Gasteiger partial charge in [-0.15, -0.1) is 0 Å². The minimum absolute atomic E-state index is 0.311. The number of hydrogen-bond donors (Lipinski definition) is 1. The largest absolute Gasteiger partial charge is 0.495 e. The number of carbonyl (C=O) groups excluding carboxylic acids is 1. The summed E-state index contributed by atoms with van der Waals surface area (Å²) in [6.07, 6.45) is 0.613. The van der Waals surface area contributed by atoms with Crippen LogP contribution in [0.15, 0.2) is 18.2 Å². The van der Waals surface area contributed by atoms with Gasteiger partial charge in [-0.25, -0.2) is 4.79 Å². The van der Waals surface area contributed by atoms with Crippen molar-refractivity contribution >= 4 is 23.3 Å². The maximum Gasteiger partial charge on any atom is 0.328 e. The second kappa shape index (κ2) is 6.35. The molecule has 0 bridgehead atoms. The van der Waals surface area contributed by atoms with Crippen molar-refractivity contribution in [1.29, 1.82) is 0 Å². The van der Waals surface area contributed by atoms with Gasteiger partial charge in [-0.05, 0) is 24.6 Å². The molecule has 0 radical (unpaired) electrons. The fourth-order valence-corrected chi connectivity index (χ4v) is 1.62. The smallest absolute Gasteiger partial charge is 0.328 e. The Morgan fingerprint density at radius 2 is 2.18 bits per heavy atom. The van der Waals surface area contributed by atoms with Crippen LogP contribution in [0.4, 0.5) is 5.69 Å². The van der Waals surface area contributed by atoms with Crippen LogP contribution in [-0.4, -0.2) is 26.2 Å². The van der Waals surface area contributed by atoms with E-state index in [2.05, 4.69) is 5.32 Å². The Kier molecular flexibility index (Phi) is 5.10. The number of rotatable bonds is 5. The zero-order valence-corrected chi connectivity index (χ0v) is 10.9. The molecule has 0 saturated carbocycles. The standard InChI is InChI=1S/C12H16ClNO3/c1-4-9(12(15)17-3)14-10-7-8(13)5-6-11(10)16-2/h5-7,9,14H,4H2,1-3H3. The van der Waals surface area contributed by atoms with Gasteiger partial charge in [0.1, 0.15) is 11.8 Å². The second-order valence-electron chi connectivity index (χ2n) is 3.47. The number of anilines is 1. The lowest BCUT2D eigenvalue weighted by molar-refractivity contribution is -0.141. The monoisotopic (exact) mass is 257 g/mol. The number of benzene rings is 1. The molecule has 1 aromatic carbocycles. The molecule has 5 heteroatoms. The van der Waals surface area contributed by atoms with Gasteiger partial charge >= 0.3 is 5.97 Å². The predicted molar refractivity (Wildman–Crippen MR) is 67.7 cm³/mol. The third-order valence-electron chi connectivity index (χ3n) is 2.39. The van der Waals surface area contributed by atoms with Crippen molar-refractivity contribution < 1.29 is 14.3 Å². The van der Waals surface area contributed by atoms with E-state index in [0.29, 0.717) is 22.9 Å². The zero-order chi connectivity index (χ0) is 12.8. The van der Waals surface area contributed by atoms with Crippen LogP contribution in [-0.2, 0) is 9.53 Å². The molecule has 1 aromatic rings. The van der Waals surface area contributed by atoms with Gasteiger partial charge in [-0.2, -0.15) is 0 Å². The highest BCUT2D eigenvalue weighted by molar-refractivity contribution is 6.30.